The van der Waals surface area contributed by atoms with Crippen LogP contribution in [-0.4, -0.2) is 55.0 Å². The molecular formula is C27H33N5O5. The minimum Gasteiger partial charge on any atom is -0.487 e. The number of carboxylic acids is 1. The van der Waals surface area contributed by atoms with Crippen molar-refractivity contribution in [1.82, 2.24) is 24.6 Å². The first-order valence-electron chi connectivity index (χ1n) is 12.5. The third-order valence-electron chi connectivity index (χ3n) is 6.64. The number of hydrogen-bond donors (Lipinski definition) is 1. The third kappa shape index (κ3) is 6.44. The van der Waals surface area contributed by atoms with Crippen molar-refractivity contribution in [3.63, 3.8) is 0 Å². The van der Waals surface area contributed by atoms with E-state index >= 15 is 0 Å². The van der Waals surface area contributed by atoms with E-state index in [2.05, 4.69) is 10.1 Å². The molecular weight excluding hydrogens is 474 g/mol. The summed E-state index contributed by atoms with van der Waals surface area (Å²) < 4.78 is 13.4. The van der Waals surface area contributed by atoms with Crippen LogP contribution in [-0.2, 0) is 36.2 Å². The second-order valence-corrected chi connectivity index (χ2v) is 9.32. The van der Waals surface area contributed by atoms with E-state index in [-0.39, 0.29) is 18.6 Å². The lowest BCUT2D eigenvalue weighted by atomic mass is 9.87. The van der Waals surface area contributed by atoms with E-state index in [9.17, 15) is 14.7 Å². The first-order chi connectivity index (χ1) is 17.9. The Balaban J connectivity index is 1.44. The molecule has 1 aliphatic carbocycles. The first-order valence-corrected chi connectivity index (χ1v) is 12.5. The molecule has 37 heavy (non-hydrogen) atoms. The van der Waals surface area contributed by atoms with E-state index in [1.807, 2.05) is 37.3 Å². The van der Waals surface area contributed by atoms with Crippen molar-refractivity contribution in [3.8, 4) is 17.1 Å². The second kappa shape index (κ2) is 11.9. The van der Waals surface area contributed by atoms with Crippen molar-refractivity contribution in [2.75, 3.05) is 7.05 Å². The van der Waals surface area contributed by atoms with Crippen LogP contribution in [0.4, 0.5) is 4.79 Å². The van der Waals surface area contributed by atoms with Crippen LogP contribution in [0.15, 0.2) is 42.7 Å². The Hall–Kier alpha value is -3.95. The van der Waals surface area contributed by atoms with Gasteiger partial charge in [0.15, 0.2) is 11.6 Å². The summed E-state index contributed by atoms with van der Waals surface area (Å²) >= 11 is 0. The second-order valence-electron chi connectivity index (χ2n) is 9.32. The molecule has 196 valence electrons. The number of rotatable bonds is 9. The highest BCUT2D eigenvalue weighted by atomic mass is 16.6. The molecule has 1 amide bonds. The van der Waals surface area contributed by atoms with E-state index < -0.39 is 12.1 Å². The molecule has 1 aromatic carbocycles. The fraction of sp³-hybridized carbons (Fsp3) is 0.444. The Morgan fingerprint density at radius 1 is 1.19 bits per heavy atom. The van der Waals surface area contributed by atoms with Crippen LogP contribution in [0.5, 0.6) is 5.75 Å². The zero-order valence-corrected chi connectivity index (χ0v) is 21.5. The molecule has 2 atom stereocenters. The van der Waals surface area contributed by atoms with Gasteiger partial charge in [0.05, 0.1) is 41.4 Å². The molecule has 0 aliphatic heterocycles. The lowest BCUT2D eigenvalue weighted by Gasteiger charge is -2.27. The maximum absolute atomic E-state index is 12.6. The SMILES string of the molecule is CCc1nc(-c2cnn(C)c2COC(=O)N(C)Cc2ccccc2)ncc1O[C@H]1CCC[C@H](C(=O)O)C1. The average molecular weight is 508 g/mol. The van der Waals surface area contributed by atoms with Gasteiger partial charge in [-0.3, -0.25) is 9.48 Å². The lowest BCUT2D eigenvalue weighted by Crippen LogP contribution is -2.29. The van der Waals surface area contributed by atoms with Gasteiger partial charge in [-0.15, -0.1) is 0 Å². The molecule has 0 radical (unpaired) electrons. The summed E-state index contributed by atoms with van der Waals surface area (Å²) in [6, 6.07) is 9.70. The molecule has 1 N–H and O–H groups in total. The summed E-state index contributed by atoms with van der Waals surface area (Å²) in [5.74, 6) is -0.113. The number of carbonyl (C=O) groups is 2. The number of ether oxygens (including phenoxy) is 2. The van der Waals surface area contributed by atoms with Gasteiger partial charge in [0.1, 0.15) is 6.61 Å². The Bertz CT molecular complexity index is 1230. The van der Waals surface area contributed by atoms with E-state index in [1.54, 1.807) is 31.2 Å². The highest BCUT2D eigenvalue weighted by Crippen LogP contribution is 2.30. The molecule has 2 aromatic heterocycles. The summed E-state index contributed by atoms with van der Waals surface area (Å²) in [7, 11) is 3.47. The smallest absolute Gasteiger partial charge is 0.410 e. The zero-order chi connectivity index (χ0) is 26.4. The quantitative estimate of drug-likeness (QED) is 0.457. The summed E-state index contributed by atoms with van der Waals surface area (Å²) in [6.07, 6.45) is 6.10. The molecule has 2 heterocycles. The van der Waals surface area contributed by atoms with Gasteiger partial charge >= 0.3 is 12.1 Å². The Kier molecular flexibility index (Phi) is 8.37. The van der Waals surface area contributed by atoms with Gasteiger partial charge in [0.25, 0.3) is 0 Å². The summed E-state index contributed by atoms with van der Waals surface area (Å²) in [5, 5.41) is 13.7. The number of aryl methyl sites for hydroxylation is 2. The molecule has 3 aromatic rings. The van der Waals surface area contributed by atoms with Gasteiger partial charge in [-0.2, -0.15) is 5.10 Å². The number of carbonyl (C=O) groups excluding carboxylic acids is 1. The number of aromatic nitrogens is 4. The fourth-order valence-corrected chi connectivity index (χ4v) is 4.53. The van der Waals surface area contributed by atoms with Gasteiger partial charge in [0, 0.05) is 20.6 Å². The lowest BCUT2D eigenvalue weighted by molar-refractivity contribution is -0.143. The van der Waals surface area contributed by atoms with Crippen LogP contribution in [0.1, 0.15) is 49.6 Å². The highest BCUT2D eigenvalue weighted by Gasteiger charge is 2.29. The summed E-state index contributed by atoms with van der Waals surface area (Å²) in [4.78, 5) is 34.7. The van der Waals surface area contributed by atoms with E-state index in [1.165, 1.54) is 4.90 Å². The Morgan fingerprint density at radius 3 is 2.70 bits per heavy atom. The minimum absolute atomic E-state index is 0.0194. The molecule has 1 fully saturated rings. The van der Waals surface area contributed by atoms with Crippen LogP contribution >= 0.6 is 0 Å². The van der Waals surface area contributed by atoms with Crippen molar-refractivity contribution in [3.05, 3.63) is 59.7 Å². The van der Waals surface area contributed by atoms with Crippen LogP contribution < -0.4 is 4.74 Å². The first kappa shape index (κ1) is 26.1. The zero-order valence-electron chi connectivity index (χ0n) is 21.5. The standard InChI is InChI=1S/C27H33N5O5/c1-4-22-24(37-20-12-8-11-19(13-20)26(33)34)15-28-25(30-22)21-14-29-32(3)23(21)17-36-27(35)31(2)16-18-9-6-5-7-10-18/h5-7,9-10,14-15,19-20H,4,8,11-13,16-17H2,1-3H3,(H,33,34)/t19-,20-/m0/s1. The van der Waals surface area contributed by atoms with Crippen LogP contribution in [0.3, 0.4) is 0 Å². The molecule has 4 rings (SSSR count). The molecule has 0 spiro atoms. The molecule has 0 unspecified atom stereocenters. The summed E-state index contributed by atoms with van der Waals surface area (Å²) in [5.41, 5.74) is 3.09. The number of benzene rings is 1. The van der Waals surface area contributed by atoms with Crippen molar-refractivity contribution >= 4 is 12.1 Å². The predicted octanol–water partition coefficient (Wildman–Crippen LogP) is 4.23. The van der Waals surface area contributed by atoms with Gasteiger partial charge < -0.3 is 19.5 Å². The fourth-order valence-electron chi connectivity index (χ4n) is 4.53. The number of amides is 1. The molecule has 0 bridgehead atoms. The van der Waals surface area contributed by atoms with Gasteiger partial charge in [0.2, 0.25) is 0 Å². The number of carboxylic acid groups (broad SMARTS) is 1. The molecule has 10 heteroatoms. The molecule has 0 saturated heterocycles. The third-order valence-corrected chi connectivity index (χ3v) is 6.64. The number of aliphatic carboxylic acids is 1. The van der Waals surface area contributed by atoms with Gasteiger partial charge in [-0.05, 0) is 37.7 Å². The monoisotopic (exact) mass is 507 g/mol. The van der Waals surface area contributed by atoms with Gasteiger partial charge in [-0.1, -0.05) is 37.3 Å². The number of hydrogen-bond acceptors (Lipinski definition) is 7. The number of nitrogens with zero attached hydrogens (tertiary/aromatic N) is 5. The molecule has 10 nitrogen and oxygen atoms in total. The Morgan fingerprint density at radius 2 is 1.97 bits per heavy atom. The van der Waals surface area contributed by atoms with Crippen LogP contribution in [0.25, 0.3) is 11.4 Å². The predicted molar refractivity (Wildman–Crippen MR) is 136 cm³/mol. The van der Waals surface area contributed by atoms with Gasteiger partial charge in [-0.25, -0.2) is 14.8 Å². The van der Waals surface area contributed by atoms with Crippen molar-refractivity contribution in [2.24, 2.45) is 13.0 Å². The summed E-state index contributed by atoms with van der Waals surface area (Å²) in [6.45, 7) is 2.44. The van der Waals surface area contributed by atoms with E-state index in [4.69, 9.17) is 14.5 Å². The van der Waals surface area contributed by atoms with E-state index in [0.29, 0.717) is 48.6 Å². The van der Waals surface area contributed by atoms with Crippen molar-refractivity contribution < 1.29 is 24.2 Å². The van der Waals surface area contributed by atoms with Crippen molar-refractivity contribution in [2.45, 2.75) is 58.3 Å². The molecule has 1 saturated carbocycles. The molecule has 1 aliphatic rings. The van der Waals surface area contributed by atoms with Crippen molar-refractivity contribution in [1.29, 1.82) is 0 Å². The highest BCUT2D eigenvalue weighted by molar-refractivity contribution is 5.70. The maximum Gasteiger partial charge on any atom is 0.410 e. The minimum atomic E-state index is -0.772. The maximum atomic E-state index is 12.6. The van der Waals surface area contributed by atoms with Crippen LogP contribution in [0, 0.1) is 5.92 Å². The average Bonchev–Trinajstić information content (AvgIpc) is 3.28. The van der Waals surface area contributed by atoms with Crippen LogP contribution in [0.2, 0.25) is 0 Å². The normalized spacial score (nSPS) is 17.3. The Labute approximate surface area is 216 Å². The van der Waals surface area contributed by atoms with E-state index in [0.717, 1.165) is 24.1 Å². The largest absolute Gasteiger partial charge is 0.487 e. The topological polar surface area (TPSA) is 120 Å².